The highest BCUT2D eigenvalue weighted by molar-refractivity contribution is 7.79. The lowest BCUT2D eigenvalue weighted by Gasteiger charge is -2.33. The zero-order valence-corrected chi connectivity index (χ0v) is 11.6. The third-order valence-electron chi connectivity index (χ3n) is 3.15. The number of carbonyl (C=O) groups excluding carboxylic acids is 1. The average Bonchev–Trinajstić information content (AvgIpc) is 2.36. The smallest absolute Gasteiger partial charge is 0.409 e. The standard InChI is InChI=1S/C11H21NO5S/c1-3-16-11(13)12(2)9-4-6-10(7-5-9)17-8-18(14)15/h9-10H,3-8H2,1-2H3,(H,14,15)/t9-,10+. The average molecular weight is 279 g/mol. The predicted octanol–water partition coefficient (Wildman–Crippen LogP) is 1.58. The van der Waals surface area contributed by atoms with Crippen molar-refractivity contribution in [3.63, 3.8) is 0 Å². The highest BCUT2D eigenvalue weighted by Crippen LogP contribution is 2.24. The number of nitrogens with zero attached hydrogens (tertiary/aromatic N) is 1. The first-order valence-corrected chi connectivity index (χ1v) is 7.40. The molecule has 7 heteroatoms. The molecule has 0 aromatic heterocycles. The van der Waals surface area contributed by atoms with Gasteiger partial charge in [0.25, 0.3) is 0 Å². The van der Waals surface area contributed by atoms with Crippen LogP contribution < -0.4 is 0 Å². The molecule has 0 aromatic carbocycles. The molecule has 1 atom stereocenters. The first-order chi connectivity index (χ1) is 8.54. The fraction of sp³-hybridized carbons (Fsp3) is 0.909. The summed E-state index contributed by atoms with van der Waals surface area (Å²) in [7, 11) is 1.74. The van der Waals surface area contributed by atoms with Crippen molar-refractivity contribution < 1.29 is 23.0 Å². The molecule has 1 fully saturated rings. The molecule has 1 rings (SSSR count). The lowest BCUT2D eigenvalue weighted by Crippen LogP contribution is -2.41. The molecule has 0 saturated heterocycles. The Hall–Kier alpha value is -0.660. The van der Waals surface area contributed by atoms with Crippen molar-refractivity contribution in [2.45, 2.75) is 44.8 Å². The molecule has 0 heterocycles. The minimum absolute atomic E-state index is 0.0212. The normalized spacial score (nSPS) is 25.5. The van der Waals surface area contributed by atoms with Crippen LogP contribution >= 0.6 is 0 Å². The highest BCUT2D eigenvalue weighted by Gasteiger charge is 2.27. The van der Waals surface area contributed by atoms with Gasteiger partial charge in [-0.15, -0.1) is 0 Å². The summed E-state index contributed by atoms with van der Waals surface area (Å²) in [5, 5.41) is 0. The zero-order valence-electron chi connectivity index (χ0n) is 10.8. The largest absolute Gasteiger partial charge is 0.450 e. The van der Waals surface area contributed by atoms with E-state index in [4.69, 9.17) is 14.0 Å². The maximum absolute atomic E-state index is 11.5. The first-order valence-electron chi connectivity index (χ1n) is 6.13. The summed E-state index contributed by atoms with van der Waals surface area (Å²) in [6.45, 7) is 2.16. The van der Waals surface area contributed by atoms with E-state index in [1.807, 2.05) is 0 Å². The van der Waals surface area contributed by atoms with Crippen molar-refractivity contribution in [2.24, 2.45) is 0 Å². The van der Waals surface area contributed by atoms with E-state index < -0.39 is 11.1 Å². The Morgan fingerprint density at radius 1 is 1.39 bits per heavy atom. The van der Waals surface area contributed by atoms with Crippen LogP contribution in [-0.4, -0.2) is 51.5 Å². The molecule has 1 aliphatic carbocycles. The number of carbonyl (C=O) groups is 1. The maximum atomic E-state index is 11.5. The molecule has 1 unspecified atom stereocenters. The van der Waals surface area contributed by atoms with E-state index >= 15 is 0 Å². The molecule has 106 valence electrons. The summed E-state index contributed by atoms with van der Waals surface area (Å²) in [4.78, 5) is 13.2. The fourth-order valence-electron chi connectivity index (χ4n) is 2.13. The van der Waals surface area contributed by atoms with Crippen LogP contribution in [0.15, 0.2) is 0 Å². The third kappa shape index (κ3) is 4.91. The molecule has 0 bridgehead atoms. The van der Waals surface area contributed by atoms with Crippen molar-refractivity contribution in [1.82, 2.24) is 4.90 Å². The minimum atomic E-state index is -1.90. The molecule has 1 aliphatic rings. The van der Waals surface area contributed by atoms with Gasteiger partial charge in [-0.2, -0.15) is 0 Å². The van der Waals surface area contributed by atoms with Gasteiger partial charge in [-0.05, 0) is 32.6 Å². The molecule has 18 heavy (non-hydrogen) atoms. The summed E-state index contributed by atoms with van der Waals surface area (Å²) < 4.78 is 29.4. The Balaban J connectivity index is 2.30. The topological polar surface area (TPSA) is 76.1 Å². The summed E-state index contributed by atoms with van der Waals surface area (Å²) in [6, 6.07) is 0.170. The van der Waals surface area contributed by atoms with Crippen LogP contribution in [0.2, 0.25) is 0 Å². The number of ether oxygens (including phenoxy) is 2. The lowest BCUT2D eigenvalue weighted by molar-refractivity contribution is 0.0297. The lowest BCUT2D eigenvalue weighted by atomic mass is 9.92. The van der Waals surface area contributed by atoms with Crippen molar-refractivity contribution in [3.8, 4) is 0 Å². The number of rotatable bonds is 5. The van der Waals surface area contributed by atoms with Gasteiger partial charge in [0.15, 0.2) is 11.1 Å². The second-order valence-electron chi connectivity index (χ2n) is 4.35. The summed E-state index contributed by atoms with van der Waals surface area (Å²) in [6.07, 6.45) is 2.99. The third-order valence-corrected chi connectivity index (χ3v) is 3.49. The SMILES string of the molecule is CCOC(=O)N(C)[C@H]1CC[C@@H](OCS(=O)O)CC1. The number of amides is 1. The van der Waals surface area contributed by atoms with Crippen LogP contribution in [-0.2, 0) is 20.6 Å². The molecule has 0 aliphatic heterocycles. The van der Waals surface area contributed by atoms with E-state index in [9.17, 15) is 9.00 Å². The van der Waals surface area contributed by atoms with Crippen molar-refractivity contribution >= 4 is 17.2 Å². The van der Waals surface area contributed by atoms with Crippen LogP contribution in [0.3, 0.4) is 0 Å². The van der Waals surface area contributed by atoms with Crippen LogP contribution in [0.4, 0.5) is 4.79 Å². The van der Waals surface area contributed by atoms with Crippen molar-refractivity contribution in [3.05, 3.63) is 0 Å². The maximum Gasteiger partial charge on any atom is 0.409 e. The molecule has 6 nitrogen and oxygen atoms in total. The van der Waals surface area contributed by atoms with Gasteiger partial charge < -0.3 is 18.9 Å². The van der Waals surface area contributed by atoms with Crippen LogP contribution in [0, 0.1) is 0 Å². The van der Waals surface area contributed by atoms with Gasteiger partial charge in [0.1, 0.15) is 5.94 Å². The zero-order chi connectivity index (χ0) is 13.5. The van der Waals surface area contributed by atoms with Crippen molar-refractivity contribution in [2.75, 3.05) is 19.6 Å². The first kappa shape index (κ1) is 15.4. The molecule has 0 radical (unpaired) electrons. The fourth-order valence-corrected chi connectivity index (χ4v) is 2.44. The van der Waals surface area contributed by atoms with Gasteiger partial charge in [0, 0.05) is 13.1 Å². The van der Waals surface area contributed by atoms with E-state index in [2.05, 4.69) is 0 Å². The monoisotopic (exact) mass is 279 g/mol. The van der Waals surface area contributed by atoms with E-state index in [-0.39, 0.29) is 24.2 Å². The van der Waals surface area contributed by atoms with E-state index in [1.165, 1.54) is 0 Å². The Bertz CT molecular complexity index is 291. The highest BCUT2D eigenvalue weighted by atomic mass is 32.2. The van der Waals surface area contributed by atoms with E-state index in [0.717, 1.165) is 25.7 Å². The van der Waals surface area contributed by atoms with Crippen LogP contribution in [0.5, 0.6) is 0 Å². The van der Waals surface area contributed by atoms with Gasteiger partial charge >= 0.3 is 6.09 Å². The number of hydrogen-bond donors (Lipinski definition) is 1. The van der Waals surface area contributed by atoms with Crippen LogP contribution in [0.25, 0.3) is 0 Å². The molecular formula is C11H21NO5S. The van der Waals surface area contributed by atoms with Gasteiger partial charge in [-0.25, -0.2) is 9.00 Å². The second kappa shape index (κ2) is 7.70. The predicted molar refractivity (Wildman–Crippen MR) is 67.6 cm³/mol. The summed E-state index contributed by atoms with van der Waals surface area (Å²) >= 11 is -1.90. The van der Waals surface area contributed by atoms with Gasteiger partial charge in [0.2, 0.25) is 0 Å². The van der Waals surface area contributed by atoms with E-state index in [0.29, 0.717) is 6.61 Å². The molecule has 1 N–H and O–H groups in total. The van der Waals surface area contributed by atoms with E-state index in [1.54, 1.807) is 18.9 Å². The quantitative estimate of drug-likeness (QED) is 0.773. The molecule has 1 amide bonds. The second-order valence-corrected chi connectivity index (χ2v) is 5.23. The molecule has 1 saturated carbocycles. The number of hydrogen-bond acceptors (Lipinski definition) is 4. The molecule has 0 spiro atoms. The molecule has 0 aromatic rings. The Labute approximate surface area is 110 Å². The summed E-state index contributed by atoms with van der Waals surface area (Å²) in [5.74, 6) is -0.136. The summed E-state index contributed by atoms with van der Waals surface area (Å²) in [5.41, 5.74) is 0. The van der Waals surface area contributed by atoms with Crippen LogP contribution in [0.1, 0.15) is 32.6 Å². The minimum Gasteiger partial charge on any atom is -0.450 e. The van der Waals surface area contributed by atoms with Gasteiger partial charge in [0.05, 0.1) is 12.7 Å². The van der Waals surface area contributed by atoms with Crippen molar-refractivity contribution in [1.29, 1.82) is 0 Å². The van der Waals surface area contributed by atoms with Gasteiger partial charge in [-0.1, -0.05) is 0 Å². The Kier molecular flexibility index (Phi) is 6.59. The Morgan fingerprint density at radius 2 is 2.00 bits per heavy atom. The molecular weight excluding hydrogens is 258 g/mol. The Morgan fingerprint density at radius 3 is 2.50 bits per heavy atom. The van der Waals surface area contributed by atoms with Gasteiger partial charge in [-0.3, -0.25) is 0 Å².